The summed E-state index contributed by atoms with van der Waals surface area (Å²) in [6.07, 6.45) is -0.0835. The number of benzene rings is 2. The van der Waals surface area contributed by atoms with Crippen molar-refractivity contribution in [3.05, 3.63) is 66.2 Å². The first-order chi connectivity index (χ1) is 12.3. The highest BCUT2D eigenvalue weighted by Crippen LogP contribution is 2.37. The summed E-state index contributed by atoms with van der Waals surface area (Å²) >= 11 is 0. The maximum atomic E-state index is 6.55. The van der Waals surface area contributed by atoms with Gasteiger partial charge in [-0.05, 0) is 35.8 Å². The van der Waals surface area contributed by atoms with Crippen LogP contribution in [-0.2, 0) is 15.8 Å². The zero-order chi connectivity index (χ0) is 19.0. The number of para-hydroxylation sites is 1. The molecule has 26 heavy (non-hydrogen) atoms. The first kappa shape index (κ1) is 20.7. The molecule has 0 saturated carbocycles. The van der Waals surface area contributed by atoms with Crippen LogP contribution in [0.3, 0.4) is 0 Å². The van der Waals surface area contributed by atoms with Gasteiger partial charge in [0.05, 0.1) is 13.2 Å². The Morgan fingerprint density at radius 1 is 0.846 bits per heavy atom. The third kappa shape index (κ3) is 6.59. The van der Waals surface area contributed by atoms with Gasteiger partial charge in [0.2, 0.25) is 0 Å². The molecule has 2 aromatic rings. The van der Waals surface area contributed by atoms with Gasteiger partial charge in [0, 0.05) is 0 Å². The minimum Gasteiger partial charge on any atom is -0.491 e. The zero-order valence-corrected chi connectivity index (χ0v) is 17.7. The Kier molecular flexibility index (Phi) is 7.44. The van der Waals surface area contributed by atoms with Gasteiger partial charge in [-0.25, -0.2) is 0 Å². The van der Waals surface area contributed by atoms with Gasteiger partial charge >= 0.3 is 0 Å². The molecule has 0 unspecified atom stereocenters. The number of hydrogen-bond donors (Lipinski definition) is 0. The quantitative estimate of drug-likeness (QED) is 0.531. The lowest BCUT2D eigenvalue weighted by molar-refractivity contribution is 0.0119. The molecule has 4 heteroatoms. The van der Waals surface area contributed by atoms with Gasteiger partial charge < -0.3 is 13.9 Å². The average Bonchev–Trinajstić information content (AvgIpc) is 2.60. The smallest absolute Gasteiger partial charge is 0.192 e. The van der Waals surface area contributed by atoms with Crippen LogP contribution in [0, 0.1) is 0 Å². The molecule has 0 N–H and O–H groups in total. The maximum absolute atomic E-state index is 6.55. The van der Waals surface area contributed by atoms with Crippen molar-refractivity contribution < 1.29 is 13.9 Å². The molecule has 1 atom stereocenters. The highest BCUT2D eigenvalue weighted by atomic mass is 28.4. The molecule has 0 aliphatic carbocycles. The lowest BCUT2D eigenvalue weighted by Gasteiger charge is -2.39. The largest absolute Gasteiger partial charge is 0.491 e. The Morgan fingerprint density at radius 2 is 1.42 bits per heavy atom. The second-order valence-corrected chi connectivity index (χ2v) is 12.9. The summed E-state index contributed by atoms with van der Waals surface area (Å²) in [5, 5.41) is 0.150. The van der Waals surface area contributed by atoms with E-state index in [1.165, 1.54) is 5.56 Å². The molecule has 2 aromatic carbocycles. The van der Waals surface area contributed by atoms with E-state index in [9.17, 15) is 0 Å². The predicted octanol–water partition coefficient (Wildman–Crippen LogP) is 5.67. The summed E-state index contributed by atoms with van der Waals surface area (Å²) < 4.78 is 18.4. The summed E-state index contributed by atoms with van der Waals surface area (Å²) in [6, 6.07) is 20.1. The molecule has 0 fully saturated rings. The normalized spacial score (nSPS) is 13.4. The van der Waals surface area contributed by atoms with Gasteiger partial charge in [-0.2, -0.15) is 0 Å². The molecule has 0 aromatic heterocycles. The topological polar surface area (TPSA) is 27.7 Å². The molecule has 0 spiro atoms. The Labute approximate surface area is 159 Å². The van der Waals surface area contributed by atoms with Crippen molar-refractivity contribution in [3.8, 4) is 5.75 Å². The first-order valence-electron chi connectivity index (χ1n) is 9.25. The van der Waals surface area contributed by atoms with E-state index in [4.69, 9.17) is 13.9 Å². The van der Waals surface area contributed by atoms with Crippen molar-refractivity contribution in [2.75, 3.05) is 13.2 Å². The van der Waals surface area contributed by atoms with Gasteiger partial charge in [-0.1, -0.05) is 69.3 Å². The maximum Gasteiger partial charge on any atom is 0.192 e. The average molecular weight is 373 g/mol. The molecular formula is C22H32O3Si. The van der Waals surface area contributed by atoms with Crippen molar-refractivity contribution in [3.63, 3.8) is 0 Å². The third-order valence-corrected chi connectivity index (χ3v) is 9.40. The van der Waals surface area contributed by atoms with Gasteiger partial charge in [-0.3, -0.25) is 0 Å². The van der Waals surface area contributed by atoms with Crippen molar-refractivity contribution in [2.45, 2.75) is 51.6 Å². The second-order valence-electron chi connectivity index (χ2n) is 8.12. The van der Waals surface area contributed by atoms with Crippen molar-refractivity contribution in [2.24, 2.45) is 0 Å². The molecular weight excluding hydrogens is 340 g/mol. The number of hydrogen-bond acceptors (Lipinski definition) is 3. The van der Waals surface area contributed by atoms with E-state index in [0.29, 0.717) is 19.8 Å². The Balaban J connectivity index is 1.95. The van der Waals surface area contributed by atoms with Crippen molar-refractivity contribution in [1.82, 2.24) is 0 Å². The fourth-order valence-corrected chi connectivity index (χ4v) is 3.62. The zero-order valence-electron chi connectivity index (χ0n) is 16.7. The Hall–Kier alpha value is -1.62. The van der Waals surface area contributed by atoms with Crippen LogP contribution in [0.4, 0.5) is 0 Å². The van der Waals surface area contributed by atoms with E-state index < -0.39 is 8.32 Å². The van der Waals surface area contributed by atoms with Crippen LogP contribution in [0.1, 0.15) is 26.3 Å². The lowest BCUT2D eigenvalue weighted by Crippen LogP contribution is -2.46. The van der Waals surface area contributed by atoms with E-state index >= 15 is 0 Å². The van der Waals surface area contributed by atoms with Crippen LogP contribution >= 0.6 is 0 Å². The monoisotopic (exact) mass is 372 g/mol. The van der Waals surface area contributed by atoms with Crippen molar-refractivity contribution in [1.29, 1.82) is 0 Å². The summed E-state index contributed by atoms with van der Waals surface area (Å²) in [7, 11) is -1.90. The first-order valence-corrected chi connectivity index (χ1v) is 12.2. The van der Waals surface area contributed by atoms with Crippen LogP contribution in [0.5, 0.6) is 5.75 Å². The van der Waals surface area contributed by atoms with Gasteiger partial charge in [-0.15, -0.1) is 0 Å². The predicted molar refractivity (Wildman–Crippen MR) is 110 cm³/mol. The summed E-state index contributed by atoms with van der Waals surface area (Å²) in [5.41, 5.74) is 1.17. The number of ether oxygens (including phenoxy) is 2. The SMILES string of the molecule is CC(C)(C)[Si](C)(C)O[C@@H](COCc1ccccc1)COc1ccccc1. The van der Waals surface area contributed by atoms with Crippen LogP contribution in [0.2, 0.25) is 18.1 Å². The standard InChI is InChI=1S/C22H32O3Si/c1-22(2,3)26(4,5)25-21(18-24-20-14-10-7-11-15-20)17-23-16-19-12-8-6-9-13-19/h6-15,21H,16-18H2,1-5H3/t21-/m0/s1. The molecule has 0 aliphatic rings. The Bertz CT molecular complexity index is 635. The number of rotatable bonds is 9. The van der Waals surface area contributed by atoms with Crippen LogP contribution in [0.15, 0.2) is 60.7 Å². The van der Waals surface area contributed by atoms with Gasteiger partial charge in [0.15, 0.2) is 8.32 Å². The van der Waals surface area contributed by atoms with Gasteiger partial charge in [0.25, 0.3) is 0 Å². The molecule has 3 nitrogen and oxygen atoms in total. The van der Waals surface area contributed by atoms with E-state index in [1.807, 2.05) is 48.5 Å². The van der Waals surface area contributed by atoms with Crippen LogP contribution in [0.25, 0.3) is 0 Å². The fourth-order valence-electron chi connectivity index (χ4n) is 2.30. The minimum atomic E-state index is -1.90. The molecule has 0 bridgehead atoms. The van der Waals surface area contributed by atoms with Gasteiger partial charge in [0.1, 0.15) is 18.5 Å². The highest BCUT2D eigenvalue weighted by Gasteiger charge is 2.39. The highest BCUT2D eigenvalue weighted by molar-refractivity contribution is 6.74. The molecule has 0 radical (unpaired) electrons. The third-order valence-electron chi connectivity index (χ3n) is 4.86. The van der Waals surface area contributed by atoms with E-state index in [1.54, 1.807) is 0 Å². The lowest BCUT2D eigenvalue weighted by atomic mass is 10.2. The molecule has 2 rings (SSSR count). The second kappa shape index (κ2) is 9.35. The van der Waals surface area contributed by atoms with E-state index in [-0.39, 0.29) is 11.1 Å². The fraction of sp³-hybridized carbons (Fsp3) is 0.455. The molecule has 0 heterocycles. The minimum absolute atomic E-state index is 0.0835. The van der Waals surface area contributed by atoms with Crippen LogP contribution < -0.4 is 4.74 Å². The summed E-state index contributed by atoms with van der Waals surface area (Å²) in [4.78, 5) is 0. The molecule has 0 amide bonds. The van der Waals surface area contributed by atoms with E-state index in [2.05, 4.69) is 46.0 Å². The Morgan fingerprint density at radius 3 is 2.00 bits per heavy atom. The summed E-state index contributed by atoms with van der Waals surface area (Å²) in [5.74, 6) is 0.861. The van der Waals surface area contributed by atoms with E-state index in [0.717, 1.165) is 5.75 Å². The van der Waals surface area contributed by atoms with Crippen LogP contribution in [-0.4, -0.2) is 27.6 Å². The molecule has 0 aliphatic heterocycles. The summed E-state index contributed by atoms with van der Waals surface area (Å²) in [6.45, 7) is 12.9. The van der Waals surface area contributed by atoms with Crippen molar-refractivity contribution >= 4 is 8.32 Å². The molecule has 142 valence electrons. The molecule has 0 saturated heterocycles.